The molecule has 2 aliphatic rings. The summed E-state index contributed by atoms with van der Waals surface area (Å²) < 4.78 is 29.9. The van der Waals surface area contributed by atoms with E-state index in [1.54, 1.807) is 36.4 Å². The Morgan fingerprint density at radius 3 is 2.44 bits per heavy atom. The summed E-state index contributed by atoms with van der Waals surface area (Å²) in [6.07, 6.45) is 4.03. The van der Waals surface area contributed by atoms with Gasteiger partial charge in [0, 0.05) is 17.2 Å². The van der Waals surface area contributed by atoms with Crippen LogP contribution in [0.3, 0.4) is 0 Å². The molecular formula is C29H23F2N3O2. The minimum atomic E-state index is -1.37. The fraction of sp³-hybridized carbons (Fsp3) is 0.172. The number of hydrazine groups is 1. The van der Waals surface area contributed by atoms with Gasteiger partial charge < -0.3 is 10.5 Å². The number of nitrogens with one attached hydrogen (secondary N) is 2. The van der Waals surface area contributed by atoms with E-state index >= 15 is 4.39 Å². The number of aliphatic carboxylic acids is 1. The first-order valence-corrected chi connectivity index (χ1v) is 11.7. The summed E-state index contributed by atoms with van der Waals surface area (Å²) in [6, 6.07) is 19.3. The number of hydrogen-bond donors (Lipinski definition) is 3. The molecule has 0 radical (unpaired) electrons. The van der Waals surface area contributed by atoms with E-state index in [0.717, 1.165) is 47.6 Å². The number of hydrogen-bond acceptors (Lipinski definition) is 4. The maximum atomic E-state index is 15.4. The van der Waals surface area contributed by atoms with Crippen molar-refractivity contribution in [1.82, 2.24) is 5.43 Å². The Kier molecular flexibility index (Phi) is 6.36. The zero-order valence-corrected chi connectivity index (χ0v) is 19.3. The average molecular weight is 484 g/mol. The number of alkyl halides is 1. The molecule has 1 atom stereocenters. The summed E-state index contributed by atoms with van der Waals surface area (Å²) in [5, 5.41) is 18.2. The number of anilines is 1. The van der Waals surface area contributed by atoms with E-state index in [1.165, 1.54) is 12.1 Å². The summed E-state index contributed by atoms with van der Waals surface area (Å²) in [6.45, 7) is 0. The van der Waals surface area contributed by atoms with Crippen LogP contribution in [0.4, 0.5) is 14.5 Å². The number of nitrogens with zero attached hydrogens (tertiary/aromatic N) is 1. The highest BCUT2D eigenvalue weighted by atomic mass is 19.1. The maximum absolute atomic E-state index is 15.4. The summed E-state index contributed by atoms with van der Waals surface area (Å²) in [7, 11) is 0. The summed E-state index contributed by atoms with van der Waals surface area (Å²) in [5.74, 6) is -1.40. The van der Waals surface area contributed by atoms with Crippen molar-refractivity contribution in [3.63, 3.8) is 0 Å². The molecule has 180 valence electrons. The molecule has 0 bridgehead atoms. The van der Waals surface area contributed by atoms with Crippen LogP contribution in [0.5, 0.6) is 0 Å². The number of carbonyl (C=O) groups is 1. The van der Waals surface area contributed by atoms with E-state index in [9.17, 15) is 14.4 Å². The molecule has 0 saturated heterocycles. The van der Waals surface area contributed by atoms with Gasteiger partial charge in [0.25, 0.3) is 0 Å². The van der Waals surface area contributed by atoms with Crippen LogP contribution in [0, 0.1) is 23.1 Å². The van der Waals surface area contributed by atoms with Crippen LogP contribution in [0.1, 0.15) is 58.9 Å². The van der Waals surface area contributed by atoms with Gasteiger partial charge in [-0.15, -0.1) is 0 Å². The van der Waals surface area contributed by atoms with E-state index in [1.807, 2.05) is 24.3 Å². The Hall–Kier alpha value is -4.28. The van der Waals surface area contributed by atoms with Crippen LogP contribution >= 0.6 is 0 Å². The van der Waals surface area contributed by atoms with Crippen molar-refractivity contribution < 1.29 is 18.7 Å². The van der Waals surface area contributed by atoms with Crippen molar-refractivity contribution in [3.8, 4) is 6.07 Å². The first-order valence-electron chi connectivity index (χ1n) is 11.7. The van der Waals surface area contributed by atoms with Gasteiger partial charge in [-0.05, 0) is 76.9 Å². The van der Waals surface area contributed by atoms with Crippen molar-refractivity contribution >= 4 is 28.9 Å². The van der Waals surface area contributed by atoms with E-state index in [4.69, 9.17) is 5.11 Å². The first-order chi connectivity index (χ1) is 17.4. The lowest BCUT2D eigenvalue weighted by atomic mass is 9.72. The fourth-order valence-corrected chi connectivity index (χ4v) is 4.73. The summed E-state index contributed by atoms with van der Waals surface area (Å²) >= 11 is 0. The second-order valence-electron chi connectivity index (χ2n) is 8.95. The fourth-order valence-electron chi connectivity index (χ4n) is 4.73. The number of fused-ring (bicyclic) bond motifs is 1. The standard InChI is InChI=1S/C29H23F2N3O2/c30-24-14-18(16-32)6-11-22(24)28(19-2-1-3-19)27(20-8-4-17(5-9-20)7-13-26(35)36)21-10-12-25-23(15-21)29(31)34-33-25/h4-15,19,29,33-34H,1-3H2,(H,35,36)/b13-7+,28-27+. The molecule has 5 rings (SSSR count). The van der Waals surface area contributed by atoms with Crippen LogP contribution in [-0.4, -0.2) is 11.1 Å². The number of carboxylic acids is 1. The van der Waals surface area contributed by atoms with Gasteiger partial charge in [0.05, 0.1) is 17.3 Å². The van der Waals surface area contributed by atoms with Crippen LogP contribution in [-0.2, 0) is 4.79 Å². The number of rotatable bonds is 6. The molecule has 1 heterocycles. The molecule has 1 aliphatic heterocycles. The summed E-state index contributed by atoms with van der Waals surface area (Å²) in [5.41, 5.74) is 11.1. The van der Waals surface area contributed by atoms with Gasteiger partial charge in [-0.25, -0.2) is 19.0 Å². The first kappa shape index (κ1) is 23.5. The monoisotopic (exact) mass is 483 g/mol. The molecule has 1 aliphatic carbocycles. The largest absolute Gasteiger partial charge is 0.478 e. The van der Waals surface area contributed by atoms with Crippen LogP contribution in [0.2, 0.25) is 0 Å². The van der Waals surface area contributed by atoms with Crippen molar-refractivity contribution in [1.29, 1.82) is 5.26 Å². The highest BCUT2D eigenvalue weighted by Gasteiger charge is 2.30. The number of allylic oxidation sites excluding steroid dienone is 1. The van der Waals surface area contributed by atoms with Crippen LogP contribution < -0.4 is 10.9 Å². The molecule has 1 unspecified atom stereocenters. The van der Waals surface area contributed by atoms with Gasteiger partial charge in [-0.3, -0.25) is 0 Å². The molecule has 0 aromatic heterocycles. The third kappa shape index (κ3) is 4.51. The van der Waals surface area contributed by atoms with Crippen LogP contribution in [0.15, 0.2) is 66.7 Å². The van der Waals surface area contributed by atoms with E-state index < -0.39 is 18.1 Å². The molecule has 1 saturated carbocycles. The third-order valence-corrected chi connectivity index (χ3v) is 6.74. The van der Waals surface area contributed by atoms with Crippen molar-refractivity contribution in [2.45, 2.75) is 25.6 Å². The molecule has 3 aromatic rings. The third-order valence-electron chi connectivity index (χ3n) is 6.74. The molecule has 3 N–H and O–H groups in total. The topological polar surface area (TPSA) is 85.2 Å². The van der Waals surface area contributed by atoms with Crippen molar-refractivity contribution in [2.75, 3.05) is 5.43 Å². The smallest absolute Gasteiger partial charge is 0.328 e. The number of halogens is 2. The van der Waals surface area contributed by atoms with Crippen molar-refractivity contribution in [3.05, 3.63) is 106 Å². The summed E-state index contributed by atoms with van der Waals surface area (Å²) in [4.78, 5) is 10.9. The average Bonchev–Trinajstić information content (AvgIpc) is 3.22. The molecular weight excluding hydrogens is 460 g/mol. The Morgan fingerprint density at radius 1 is 1.06 bits per heavy atom. The zero-order valence-electron chi connectivity index (χ0n) is 19.3. The normalized spacial score (nSPS) is 17.6. The van der Waals surface area contributed by atoms with Gasteiger partial charge in [-0.2, -0.15) is 5.26 Å². The Bertz CT molecular complexity index is 1430. The molecule has 1 fully saturated rings. The second kappa shape index (κ2) is 9.76. The number of nitriles is 1. The van der Waals surface area contributed by atoms with E-state index in [0.29, 0.717) is 22.4 Å². The number of benzene rings is 3. The van der Waals surface area contributed by atoms with Gasteiger partial charge >= 0.3 is 5.97 Å². The minimum Gasteiger partial charge on any atom is -0.478 e. The lowest BCUT2D eigenvalue weighted by molar-refractivity contribution is -0.131. The Labute approximate surface area is 207 Å². The molecule has 0 spiro atoms. The molecule has 5 nitrogen and oxygen atoms in total. The van der Waals surface area contributed by atoms with E-state index in [-0.39, 0.29) is 11.5 Å². The lowest BCUT2D eigenvalue weighted by Gasteiger charge is -2.32. The number of carboxylic acid groups (broad SMARTS) is 1. The highest BCUT2D eigenvalue weighted by molar-refractivity contribution is 6.00. The Morgan fingerprint density at radius 2 is 1.81 bits per heavy atom. The molecule has 0 amide bonds. The highest BCUT2D eigenvalue weighted by Crippen LogP contribution is 2.46. The van der Waals surface area contributed by atoms with E-state index in [2.05, 4.69) is 10.9 Å². The maximum Gasteiger partial charge on any atom is 0.328 e. The van der Waals surface area contributed by atoms with Gasteiger partial charge in [0.2, 0.25) is 0 Å². The SMILES string of the molecule is N#Cc1ccc(/C(=C(\c2ccc(/C=C/C(=O)O)cc2)c2ccc3c(c2)C(F)NN3)C2CCC2)c(F)c1. The minimum absolute atomic E-state index is 0.111. The molecule has 36 heavy (non-hydrogen) atoms. The molecule has 3 aromatic carbocycles. The van der Waals surface area contributed by atoms with Gasteiger partial charge in [-0.1, -0.05) is 42.8 Å². The second-order valence-corrected chi connectivity index (χ2v) is 8.95. The molecule has 7 heteroatoms. The predicted molar refractivity (Wildman–Crippen MR) is 135 cm³/mol. The quantitative estimate of drug-likeness (QED) is 0.213. The van der Waals surface area contributed by atoms with Gasteiger partial charge in [0.15, 0.2) is 6.30 Å². The van der Waals surface area contributed by atoms with Crippen molar-refractivity contribution in [2.24, 2.45) is 5.92 Å². The Balaban J connectivity index is 1.74. The van der Waals surface area contributed by atoms with Gasteiger partial charge in [0.1, 0.15) is 5.82 Å². The zero-order chi connectivity index (χ0) is 25.2. The lowest BCUT2D eigenvalue weighted by Crippen LogP contribution is -2.16. The predicted octanol–water partition coefficient (Wildman–Crippen LogP) is 6.45. The van der Waals surface area contributed by atoms with Crippen LogP contribution in [0.25, 0.3) is 17.2 Å².